The fourth-order valence-corrected chi connectivity index (χ4v) is 4.64. The van der Waals surface area contributed by atoms with E-state index in [2.05, 4.69) is 39.1 Å². The Hall–Kier alpha value is -1.95. The highest BCUT2D eigenvalue weighted by Crippen LogP contribution is 2.40. The van der Waals surface area contributed by atoms with Crippen molar-refractivity contribution < 1.29 is 0 Å². The Balaban J connectivity index is 1.84. The van der Waals surface area contributed by atoms with Crippen LogP contribution < -0.4 is 4.90 Å². The third-order valence-corrected chi connectivity index (χ3v) is 5.51. The van der Waals surface area contributed by atoms with Crippen LogP contribution in [0.1, 0.15) is 49.9 Å². The molecular weight excluding hydrogens is 318 g/mol. The first kappa shape index (κ1) is 15.6. The molecule has 0 spiro atoms. The number of nitrogens with zero attached hydrogens (tertiary/aromatic N) is 4. The van der Waals surface area contributed by atoms with Gasteiger partial charge in [0.2, 0.25) is 0 Å². The van der Waals surface area contributed by atoms with Crippen molar-refractivity contribution in [2.24, 2.45) is 5.92 Å². The number of H-pyrrole nitrogens is 1. The zero-order chi connectivity index (χ0) is 16.7. The van der Waals surface area contributed by atoms with Gasteiger partial charge in [0.05, 0.1) is 11.4 Å². The Kier molecular flexibility index (Phi) is 4.00. The lowest BCUT2D eigenvalue weighted by atomic mass is 10.0. The molecule has 1 atom stereocenters. The molecule has 0 aliphatic carbocycles. The molecule has 24 heavy (non-hydrogen) atoms. The fourth-order valence-electron chi connectivity index (χ4n) is 3.65. The minimum Gasteiger partial charge on any atom is -0.347 e. The molecule has 6 heteroatoms. The molecule has 0 saturated carbocycles. The Morgan fingerprint density at radius 3 is 3.00 bits per heavy atom. The second-order valence-electron chi connectivity index (χ2n) is 6.96. The van der Waals surface area contributed by atoms with Gasteiger partial charge in [-0.1, -0.05) is 13.8 Å². The molecule has 0 amide bonds. The standard InChI is InChI=1S/C18H23N5S/c1-11(2)9-13-10-24-18-15(13)17(21-12(3)22-18)23-8-4-5-14(23)16-19-6-7-20-16/h6-7,10-11,14H,4-5,8-9H2,1-3H3,(H,19,20)/t14-/m0/s1. The Bertz CT molecular complexity index is 837. The van der Waals surface area contributed by atoms with Crippen LogP contribution in [0.3, 0.4) is 0 Å². The van der Waals surface area contributed by atoms with Crippen LogP contribution in [-0.4, -0.2) is 26.5 Å². The third-order valence-electron chi connectivity index (χ3n) is 4.59. The Morgan fingerprint density at radius 2 is 2.25 bits per heavy atom. The monoisotopic (exact) mass is 341 g/mol. The van der Waals surface area contributed by atoms with Crippen molar-refractivity contribution in [1.82, 2.24) is 19.9 Å². The first-order valence-electron chi connectivity index (χ1n) is 8.64. The lowest BCUT2D eigenvalue weighted by Gasteiger charge is -2.25. The summed E-state index contributed by atoms with van der Waals surface area (Å²) in [6.07, 6.45) is 7.09. The smallest absolute Gasteiger partial charge is 0.142 e. The molecule has 3 aromatic heterocycles. The van der Waals surface area contributed by atoms with Gasteiger partial charge in [-0.15, -0.1) is 11.3 Å². The number of aryl methyl sites for hydroxylation is 1. The number of nitrogens with one attached hydrogen (secondary N) is 1. The number of hydrogen-bond donors (Lipinski definition) is 1. The van der Waals surface area contributed by atoms with E-state index in [1.807, 2.05) is 19.3 Å². The summed E-state index contributed by atoms with van der Waals surface area (Å²) >= 11 is 1.74. The van der Waals surface area contributed by atoms with E-state index in [0.29, 0.717) is 5.92 Å². The van der Waals surface area contributed by atoms with Crippen LogP contribution in [0.15, 0.2) is 17.8 Å². The van der Waals surface area contributed by atoms with Gasteiger partial charge in [0.25, 0.3) is 0 Å². The van der Waals surface area contributed by atoms with Crippen molar-refractivity contribution in [2.45, 2.75) is 46.1 Å². The Labute approximate surface area is 146 Å². The van der Waals surface area contributed by atoms with E-state index in [9.17, 15) is 0 Å². The molecule has 1 saturated heterocycles. The van der Waals surface area contributed by atoms with Gasteiger partial charge in [-0.2, -0.15) is 0 Å². The average Bonchev–Trinajstić information content (AvgIpc) is 3.26. The first-order valence-corrected chi connectivity index (χ1v) is 9.52. The molecule has 0 unspecified atom stereocenters. The molecule has 3 aromatic rings. The summed E-state index contributed by atoms with van der Waals surface area (Å²) in [6.45, 7) is 7.54. The maximum Gasteiger partial charge on any atom is 0.142 e. The summed E-state index contributed by atoms with van der Waals surface area (Å²) in [6, 6.07) is 0.282. The van der Waals surface area contributed by atoms with Gasteiger partial charge in [0.1, 0.15) is 22.3 Å². The van der Waals surface area contributed by atoms with Crippen LogP contribution in [0.5, 0.6) is 0 Å². The van der Waals surface area contributed by atoms with Crippen molar-refractivity contribution in [3.63, 3.8) is 0 Å². The number of hydrogen-bond acceptors (Lipinski definition) is 5. The summed E-state index contributed by atoms with van der Waals surface area (Å²) < 4.78 is 0. The SMILES string of the molecule is Cc1nc(N2CCC[C@H]2c2ncc[nH]2)c2c(CC(C)C)csc2n1. The summed E-state index contributed by atoms with van der Waals surface area (Å²) in [4.78, 5) is 20.9. The van der Waals surface area contributed by atoms with Gasteiger partial charge in [0, 0.05) is 18.9 Å². The molecule has 0 aromatic carbocycles. The third kappa shape index (κ3) is 2.69. The van der Waals surface area contributed by atoms with E-state index in [1.165, 1.54) is 17.4 Å². The van der Waals surface area contributed by atoms with E-state index in [1.54, 1.807) is 11.3 Å². The van der Waals surface area contributed by atoms with Crippen LogP contribution in [0, 0.1) is 12.8 Å². The molecule has 5 nitrogen and oxygen atoms in total. The second kappa shape index (κ2) is 6.16. The quantitative estimate of drug-likeness (QED) is 0.770. The van der Waals surface area contributed by atoms with Crippen LogP contribution in [0.25, 0.3) is 10.2 Å². The molecule has 4 heterocycles. The first-order chi connectivity index (χ1) is 11.6. The highest BCUT2D eigenvalue weighted by molar-refractivity contribution is 7.17. The van der Waals surface area contributed by atoms with Crippen molar-refractivity contribution in [3.8, 4) is 0 Å². The highest BCUT2D eigenvalue weighted by Gasteiger charge is 2.31. The summed E-state index contributed by atoms with van der Waals surface area (Å²) in [5, 5.41) is 3.51. The van der Waals surface area contributed by atoms with E-state index >= 15 is 0 Å². The number of anilines is 1. The second-order valence-corrected chi connectivity index (χ2v) is 7.82. The number of imidazole rings is 1. The van der Waals surface area contributed by atoms with E-state index in [-0.39, 0.29) is 6.04 Å². The Morgan fingerprint density at radius 1 is 1.38 bits per heavy atom. The zero-order valence-corrected chi connectivity index (χ0v) is 15.2. The van der Waals surface area contributed by atoms with Crippen LogP contribution >= 0.6 is 11.3 Å². The normalized spacial score (nSPS) is 18.2. The van der Waals surface area contributed by atoms with Crippen molar-refractivity contribution in [1.29, 1.82) is 0 Å². The topological polar surface area (TPSA) is 57.7 Å². The van der Waals surface area contributed by atoms with Gasteiger partial charge in [-0.25, -0.2) is 15.0 Å². The minimum atomic E-state index is 0.282. The van der Waals surface area contributed by atoms with Crippen molar-refractivity contribution in [2.75, 3.05) is 11.4 Å². The fraction of sp³-hybridized carbons (Fsp3) is 0.500. The highest BCUT2D eigenvalue weighted by atomic mass is 32.1. The van der Waals surface area contributed by atoms with Crippen LogP contribution in [-0.2, 0) is 6.42 Å². The van der Waals surface area contributed by atoms with Gasteiger partial charge in [-0.05, 0) is 43.0 Å². The molecule has 1 aliphatic rings. The van der Waals surface area contributed by atoms with Crippen molar-refractivity contribution >= 4 is 27.4 Å². The average molecular weight is 341 g/mol. The minimum absolute atomic E-state index is 0.282. The number of aromatic amines is 1. The number of thiophene rings is 1. The molecule has 126 valence electrons. The largest absolute Gasteiger partial charge is 0.347 e. The van der Waals surface area contributed by atoms with Crippen LogP contribution in [0.2, 0.25) is 0 Å². The maximum absolute atomic E-state index is 4.86. The lowest BCUT2D eigenvalue weighted by molar-refractivity contribution is 0.649. The molecule has 1 N–H and O–H groups in total. The molecule has 0 bridgehead atoms. The summed E-state index contributed by atoms with van der Waals surface area (Å²) in [7, 11) is 0. The zero-order valence-electron chi connectivity index (χ0n) is 14.4. The predicted molar refractivity (Wildman–Crippen MR) is 98.6 cm³/mol. The molecule has 1 fully saturated rings. The van der Waals surface area contributed by atoms with E-state index in [4.69, 9.17) is 4.98 Å². The van der Waals surface area contributed by atoms with Gasteiger partial charge < -0.3 is 9.88 Å². The van der Waals surface area contributed by atoms with Gasteiger partial charge in [0.15, 0.2) is 0 Å². The predicted octanol–water partition coefficient (Wildman–Crippen LogP) is 4.26. The molecule has 1 aliphatic heterocycles. The number of aromatic nitrogens is 4. The maximum atomic E-state index is 4.86. The molecule has 0 radical (unpaired) electrons. The lowest BCUT2D eigenvalue weighted by Crippen LogP contribution is -2.25. The summed E-state index contributed by atoms with van der Waals surface area (Å²) in [5.74, 6) is 3.60. The van der Waals surface area contributed by atoms with Crippen LogP contribution in [0.4, 0.5) is 5.82 Å². The van der Waals surface area contributed by atoms with Gasteiger partial charge in [-0.3, -0.25) is 0 Å². The summed E-state index contributed by atoms with van der Waals surface area (Å²) in [5.41, 5.74) is 1.38. The number of rotatable bonds is 4. The molecular formula is C18H23N5S. The van der Waals surface area contributed by atoms with Gasteiger partial charge >= 0.3 is 0 Å². The molecule has 4 rings (SSSR count). The van der Waals surface area contributed by atoms with Crippen molar-refractivity contribution in [3.05, 3.63) is 35.0 Å². The van der Waals surface area contributed by atoms with E-state index < -0.39 is 0 Å². The van der Waals surface area contributed by atoms with E-state index in [0.717, 1.165) is 41.7 Å². The number of fused-ring (bicyclic) bond motifs is 1.